The molecule has 0 aliphatic carbocycles. The van der Waals surface area contributed by atoms with Crippen LogP contribution in [0.2, 0.25) is 0 Å². The molecule has 0 radical (unpaired) electrons. The molecular weight excluding hydrogens is 242 g/mol. The normalized spacial score (nSPS) is 28.0. The third-order valence-electron chi connectivity index (χ3n) is 4.46. The fourth-order valence-electron chi connectivity index (χ4n) is 3.51. The van der Waals surface area contributed by atoms with Crippen LogP contribution >= 0.6 is 0 Å². The van der Waals surface area contributed by atoms with E-state index in [1.165, 1.54) is 25.8 Å². The lowest BCUT2D eigenvalue weighted by Crippen LogP contribution is -2.50. The molecule has 2 rings (SSSR count). The Kier molecular flexibility index (Phi) is 5.19. The molecule has 0 spiro atoms. The van der Waals surface area contributed by atoms with Crippen molar-refractivity contribution in [2.75, 3.05) is 46.8 Å². The van der Waals surface area contributed by atoms with Crippen LogP contribution in [-0.2, 0) is 4.79 Å². The van der Waals surface area contributed by atoms with Gasteiger partial charge in [-0.3, -0.25) is 14.6 Å². The van der Waals surface area contributed by atoms with Crippen molar-refractivity contribution in [2.45, 2.75) is 37.8 Å². The lowest BCUT2D eigenvalue weighted by molar-refractivity contribution is -0.139. The second kappa shape index (κ2) is 6.68. The van der Waals surface area contributed by atoms with Crippen LogP contribution in [0.3, 0.4) is 0 Å². The summed E-state index contributed by atoms with van der Waals surface area (Å²) in [6.45, 7) is 4.32. The van der Waals surface area contributed by atoms with Crippen LogP contribution in [0, 0.1) is 0 Å². The minimum atomic E-state index is -0.701. The van der Waals surface area contributed by atoms with Crippen molar-refractivity contribution in [3.05, 3.63) is 0 Å². The predicted octanol–water partition coefficient (Wildman–Crippen LogP) is 0.561. The Labute approximate surface area is 116 Å². The molecule has 5 nitrogen and oxygen atoms in total. The summed E-state index contributed by atoms with van der Waals surface area (Å²) in [5.74, 6) is -0.701. The molecule has 2 atom stereocenters. The third-order valence-corrected chi connectivity index (χ3v) is 4.46. The van der Waals surface area contributed by atoms with Crippen LogP contribution in [0.4, 0.5) is 0 Å². The van der Waals surface area contributed by atoms with Crippen LogP contribution in [0.25, 0.3) is 0 Å². The van der Waals surface area contributed by atoms with E-state index in [1.54, 1.807) is 0 Å². The fourth-order valence-corrected chi connectivity index (χ4v) is 3.51. The molecule has 0 amide bonds. The molecule has 1 N–H and O–H groups in total. The minimum absolute atomic E-state index is 0.183. The van der Waals surface area contributed by atoms with Gasteiger partial charge in [0.05, 0.1) is 6.54 Å². The number of fused-ring (bicyclic) bond motifs is 1. The molecule has 110 valence electrons. The SMILES string of the molecule is CN(C)CCN(CC(=O)O)C1CCN2CCCCC12. The van der Waals surface area contributed by atoms with E-state index in [0.717, 1.165) is 26.1 Å². The maximum Gasteiger partial charge on any atom is 0.317 e. The summed E-state index contributed by atoms with van der Waals surface area (Å²) in [7, 11) is 4.08. The average Bonchev–Trinajstić information content (AvgIpc) is 2.77. The monoisotopic (exact) mass is 269 g/mol. The molecule has 0 aromatic carbocycles. The largest absolute Gasteiger partial charge is 0.480 e. The van der Waals surface area contributed by atoms with E-state index in [4.69, 9.17) is 5.11 Å². The smallest absolute Gasteiger partial charge is 0.317 e. The van der Waals surface area contributed by atoms with E-state index in [0.29, 0.717) is 12.1 Å². The molecule has 0 bridgehead atoms. The topological polar surface area (TPSA) is 47.0 Å². The van der Waals surface area contributed by atoms with Crippen LogP contribution < -0.4 is 0 Å². The average molecular weight is 269 g/mol. The standard InChI is InChI=1S/C14H27N3O2/c1-15(2)9-10-17(11-14(18)19)13-6-8-16-7-4-3-5-12(13)16/h12-13H,3-11H2,1-2H3,(H,18,19). The predicted molar refractivity (Wildman–Crippen MR) is 75.4 cm³/mol. The molecule has 2 fully saturated rings. The van der Waals surface area contributed by atoms with Crippen LogP contribution in [0.1, 0.15) is 25.7 Å². The zero-order valence-electron chi connectivity index (χ0n) is 12.2. The van der Waals surface area contributed by atoms with E-state index in [-0.39, 0.29) is 6.54 Å². The molecule has 0 aromatic rings. The zero-order valence-corrected chi connectivity index (χ0v) is 12.2. The number of rotatable bonds is 6. The first-order valence-electron chi connectivity index (χ1n) is 7.42. The summed E-state index contributed by atoms with van der Waals surface area (Å²) in [6, 6.07) is 1.03. The van der Waals surface area contributed by atoms with Gasteiger partial charge in [0.2, 0.25) is 0 Å². The van der Waals surface area contributed by atoms with Gasteiger partial charge >= 0.3 is 5.97 Å². The summed E-state index contributed by atoms with van der Waals surface area (Å²) in [4.78, 5) is 18.0. The van der Waals surface area contributed by atoms with Crippen LogP contribution in [0.5, 0.6) is 0 Å². The van der Waals surface area contributed by atoms with Gasteiger partial charge in [-0.2, -0.15) is 0 Å². The maximum atomic E-state index is 11.1. The molecule has 2 saturated heterocycles. The molecule has 2 aliphatic rings. The number of carboxylic acids is 1. The second-order valence-electron chi connectivity index (χ2n) is 6.12. The van der Waals surface area contributed by atoms with Gasteiger partial charge in [-0.05, 0) is 39.9 Å². The number of piperidine rings is 1. The van der Waals surface area contributed by atoms with E-state index in [9.17, 15) is 4.79 Å². The molecule has 19 heavy (non-hydrogen) atoms. The number of hydrogen-bond acceptors (Lipinski definition) is 4. The van der Waals surface area contributed by atoms with Crippen LogP contribution in [-0.4, -0.2) is 84.7 Å². The Hall–Kier alpha value is -0.650. The second-order valence-corrected chi connectivity index (χ2v) is 6.12. The van der Waals surface area contributed by atoms with Gasteiger partial charge in [0.1, 0.15) is 0 Å². The Balaban J connectivity index is 1.98. The van der Waals surface area contributed by atoms with Gasteiger partial charge in [-0.15, -0.1) is 0 Å². The number of hydrogen-bond donors (Lipinski definition) is 1. The molecule has 2 heterocycles. The quantitative estimate of drug-likeness (QED) is 0.763. The molecule has 0 saturated carbocycles. The number of nitrogens with zero attached hydrogens (tertiary/aromatic N) is 3. The lowest BCUT2D eigenvalue weighted by Gasteiger charge is -2.37. The maximum absolute atomic E-state index is 11.1. The number of carboxylic acid groups (broad SMARTS) is 1. The van der Waals surface area contributed by atoms with Gasteiger partial charge in [-0.1, -0.05) is 6.42 Å². The van der Waals surface area contributed by atoms with Crippen LogP contribution in [0.15, 0.2) is 0 Å². The van der Waals surface area contributed by atoms with Crippen molar-refractivity contribution >= 4 is 5.97 Å². The van der Waals surface area contributed by atoms with Gasteiger partial charge in [0, 0.05) is 31.7 Å². The van der Waals surface area contributed by atoms with E-state index >= 15 is 0 Å². The van der Waals surface area contributed by atoms with Gasteiger partial charge in [0.15, 0.2) is 0 Å². The third kappa shape index (κ3) is 3.91. The summed E-state index contributed by atoms with van der Waals surface area (Å²) in [5.41, 5.74) is 0. The molecule has 0 aromatic heterocycles. The highest BCUT2D eigenvalue weighted by atomic mass is 16.4. The highest BCUT2D eigenvalue weighted by Gasteiger charge is 2.38. The van der Waals surface area contributed by atoms with E-state index < -0.39 is 5.97 Å². The van der Waals surface area contributed by atoms with Crippen molar-refractivity contribution < 1.29 is 9.90 Å². The summed E-state index contributed by atoms with van der Waals surface area (Å²) in [6.07, 6.45) is 4.97. The Morgan fingerprint density at radius 2 is 2.00 bits per heavy atom. The van der Waals surface area contributed by atoms with Gasteiger partial charge < -0.3 is 10.0 Å². The first-order valence-corrected chi connectivity index (χ1v) is 7.42. The van der Waals surface area contributed by atoms with E-state index in [2.05, 4.69) is 14.7 Å². The molecular formula is C14H27N3O2. The Bertz CT molecular complexity index is 309. The highest BCUT2D eigenvalue weighted by molar-refractivity contribution is 5.69. The summed E-state index contributed by atoms with van der Waals surface area (Å²) in [5, 5.41) is 9.14. The number of likely N-dealkylation sites (N-methyl/N-ethyl adjacent to an activating group) is 1. The number of carbonyl (C=O) groups is 1. The summed E-state index contributed by atoms with van der Waals surface area (Å²) < 4.78 is 0. The molecule has 2 unspecified atom stereocenters. The minimum Gasteiger partial charge on any atom is -0.480 e. The van der Waals surface area contributed by atoms with Gasteiger partial charge in [0.25, 0.3) is 0 Å². The lowest BCUT2D eigenvalue weighted by atomic mass is 9.98. The Morgan fingerprint density at radius 1 is 1.21 bits per heavy atom. The van der Waals surface area contributed by atoms with Gasteiger partial charge in [-0.25, -0.2) is 0 Å². The fraction of sp³-hybridized carbons (Fsp3) is 0.929. The summed E-state index contributed by atoms with van der Waals surface area (Å²) >= 11 is 0. The zero-order chi connectivity index (χ0) is 13.8. The first kappa shape index (κ1) is 14.8. The van der Waals surface area contributed by atoms with Crippen molar-refractivity contribution in [1.82, 2.24) is 14.7 Å². The number of aliphatic carboxylic acids is 1. The molecule has 5 heteroatoms. The van der Waals surface area contributed by atoms with Crippen molar-refractivity contribution in [3.8, 4) is 0 Å². The van der Waals surface area contributed by atoms with E-state index in [1.807, 2.05) is 14.1 Å². The van der Waals surface area contributed by atoms with Crippen molar-refractivity contribution in [1.29, 1.82) is 0 Å². The van der Waals surface area contributed by atoms with Crippen molar-refractivity contribution in [3.63, 3.8) is 0 Å². The highest BCUT2D eigenvalue weighted by Crippen LogP contribution is 2.30. The Morgan fingerprint density at radius 3 is 2.68 bits per heavy atom. The van der Waals surface area contributed by atoms with Crippen molar-refractivity contribution in [2.24, 2.45) is 0 Å². The molecule has 2 aliphatic heterocycles. The first-order chi connectivity index (χ1) is 9.08.